The van der Waals surface area contributed by atoms with Gasteiger partial charge in [0, 0.05) is 0 Å². The van der Waals surface area contributed by atoms with Crippen molar-refractivity contribution in [2.24, 2.45) is 0 Å². The minimum absolute atomic E-state index is 0.175. The van der Waals surface area contributed by atoms with Gasteiger partial charge in [-0.15, -0.1) is 0 Å². The Morgan fingerprint density at radius 1 is 0.800 bits per heavy atom. The Morgan fingerprint density at radius 2 is 1.32 bits per heavy atom. The summed E-state index contributed by atoms with van der Waals surface area (Å²) in [6.45, 7) is 4.32. The number of phosphoric ester groups is 1. The molecule has 1 unspecified atom stereocenters. The summed E-state index contributed by atoms with van der Waals surface area (Å²) in [4.78, 5) is 9.32. The molecular formula is C20H35O4P. The van der Waals surface area contributed by atoms with E-state index in [1.165, 1.54) is 56.1 Å². The molecule has 4 nitrogen and oxygen atoms in total. The second kappa shape index (κ2) is 13.5. The number of rotatable bonds is 15. The van der Waals surface area contributed by atoms with Crippen LogP contribution in [-0.4, -0.2) is 18.1 Å². The quantitative estimate of drug-likeness (QED) is 0.301. The number of hydrogen-bond acceptors (Lipinski definition) is 3. The first-order valence-corrected chi connectivity index (χ1v) is 11.3. The molecule has 0 aliphatic carbocycles. The summed E-state index contributed by atoms with van der Waals surface area (Å²) in [7, 11) is -3.85. The van der Waals surface area contributed by atoms with E-state index in [0.29, 0.717) is 6.42 Å². The van der Waals surface area contributed by atoms with E-state index in [4.69, 9.17) is 4.52 Å². The Balaban J connectivity index is 2.14. The van der Waals surface area contributed by atoms with Gasteiger partial charge in [-0.2, -0.15) is 0 Å². The van der Waals surface area contributed by atoms with Gasteiger partial charge in [0.2, 0.25) is 0 Å². The zero-order chi connectivity index (χ0) is 18.4. The molecule has 5 heteroatoms. The highest BCUT2D eigenvalue weighted by atomic mass is 31.2. The van der Waals surface area contributed by atoms with Crippen LogP contribution in [0.25, 0.3) is 0 Å². The van der Waals surface area contributed by atoms with Crippen molar-refractivity contribution < 1.29 is 18.5 Å². The standard InChI is InChI=1S/C20H35O4P/c1-3-5-6-7-8-9-10-12-19-14-16-20(17-15-19)13-11-18-24-25(21,22)23-4-2/h14-17H,3-13,18H2,1-2H3,(H,21,22). The smallest absolute Gasteiger partial charge is 0.302 e. The first-order valence-electron chi connectivity index (χ1n) is 9.77. The predicted octanol–water partition coefficient (Wildman–Crippen LogP) is 6.07. The fraction of sp³-hybridized carbons (Fsp3) is 0.700. The lowest BCUT2D eigenvalue weighted by Gasteiger charge is -2.10. The molecule has 1 N–H and O–H groups in total. The highest BCUT2D eigenvalue weighted by Gasteiger charge is 2.18. The molecule has 0 aliphatic heterocycles. The van der Waals surface area contributed by atoms with Gasteiger partial charge >= 0.3 is 7.82 Å². The van der Waals surface area contributed by atoms with E-state index in [1.54, 1.807) is 6.92 Å². The lowest BCUT2D eigenvalue weighted by molar-refractivity contribution is 0.154. The van der Waals surface area contributed by atoms with Crippen molar-refractivity contribution in [3.05, 3.63) is 35.4 Å². The van der Waals surface area contributed by atoms with E-state index in [1.807, 2.05) is 0 Å². The van der Waals surface area contributed by atoms with Crippen LogP contribution in [0.1, 0.15) is 76.3 Å². The van der Waals surface area contributed by atoms with Crippen molar-refractivity contribution in [2.75, 3.05) is 13.2 Å². The first-order chi connectivity index (χ1) is 12.1. The molecule has 0 radical (unpaired) electrons. The highest BCUT2D eigenvalue weighted by Crippen LogP contribution is 2.42. The Bertz CT molecular complexity index is 487. The maximum absolute atomic E-state index is 11.4. The van der Waals surface area contributed by atoms with Gasteiger partial charge in [-0.3, -0.25) is 9.05 Å². The molecule has 1 aromatic carbocycles. The molecule has 0 amide bonds. The molecule has 0 aliphatic rings. The lowest BCUT2D eigenvalue weighted by Crippen LogP contribution is -1.98. The number of hydrogen-bond donors (Lipinski definition) is 1. The van der Waals surface area contributed by atoms with Crippen molar-refractivity contribution in [1.29, 1.82) is 0 Å². The van der Waals surface area contributed by atoms with E-state index < -0.39 is 7.82 Å². The average Bonchev–Trinajstić information content (AvgIpc) is 2.59. The van der Waals surface area contributed by atoms with Crippen LogP contribution in [0.5, 0.6) is 0 Å². The molecule has 0 saturated carbocycles. The second-order valence-electron chi connectivity index (χ2n) is 6.51. The highest BCUT2D eigenvalue weighted by molar-refractivity contribution is 7.47. The summed E-state index contributed by atoms with van der Waals surface area (Å²) >= 11 is 0. The fourth-order valence-corrected chi connectivity index (χ4v) is 3.58. The normalized spacial score (nSPS) is 13.7. The molecule has 0 spiro atoms. The van der Waals surface area contributed by atoms with Crippen molar-refractivity contribution >= 4 is 7.82 Å². The molecule has 144 valence electrons. The summed E-state index contributed by atoms with van der Waals surface area (Å²) in [6.07, 6.45) is 12.1. The molecule has 0 bridgehead atoms. The second-order valence-corrected chi connectivity index (χ2v) is 7.96. The predicted molar refractivity (Wildman–Crippen MR) is 104 cm³/mol. The molecule has 1 aromatic rings. The van der Waals surface area contributed by atoms with Gasteiger partial charge in [0.25, 0.3) is 0 Å². The van der Waals surface area contributed by atoms with Crippen molar-refractivity contribution in [3.8, 4) is 0 Å². The molecule has 0 saturated heterocycles. The van der Waals surface area contributed by atoms with Crippen LogP contribution >= 0.6 is 7.82 Å². The summed E-state index contributed by atoms with van der Waals surface area (Å²) in [5.74, 6) is 0. The third-order valence-electron chi connectivity index (χ3n) is 4.25. The molecule has 0 fully saturated rings. The van der Waals surface area contributed by atoms with Crippen molar-refractivity contribution in [2.45, 2.75) is 78.1 Å². The molecule has 0 aromatic heterocycles. The van der Waals surface area contributed by atoms with Gasteiger partial charge in [-0.05, 0) is 43.7 Å². The maximum Gasteiger partial charge on any atom is 0.472 e. The van der Waals surface area contributed by atoms with Crippen LogP contribution in [-0.2, 0) is 26.5 Å². The lowest BCUT2D eigenvalue weighted by atomic mass is 10.0. The maximum atomic E-state index is 11.4. The molecule has 1 rings (SSSR count). The molecular weight excluding hydrogens is 335 g/mol. The van der Waals surface area contributed by atoms with Crippen LogP contribution in [0.3, 0.4) is 0 Å². The minimum atomic E-state index is -3.85. The number of benzene rings is 1. The number of aryl methyl sites for hydroxylation is 2. The Labute approximate surface area is 153 Å². The monoisotopic (exact) mass is 370 g/mol. The summed E-state index contributed by atoms with van der Waals surface area (Å²) in [5.41, 5.74) is 2.63. The van der Waals surface area contributed by atoms with Gasteiger partial charge in [0.05, 0.1) is 13.2 Å². The molecule has 25 heavy (non-hydrogen) atoms. The van der Waals surface area contributed by atoms with E-state index in [0.717, 1.165) is 12.8 Å². The Morgan fingerprint density at radius 3 is 1.88 bits per heavy atom. The molecule has 1 atom stereocenters. The van der Waals surface area contributed by atoms with Gasteiger partial charge < -0.3 is 4.89 Å². The van der Waals surface area contributed by atoms with Crippen LogP contribution in [0.4, 0.5) is 0 Å². The largest absolute Gasteiger partial charge is 0.472 e. The van der Waals surface area contributed by atoms with Crippen LogP contribution < -0.4 is 0 Å². The van der Waals surface area contributed by atoms with E-state index in [9.17, 15) is 9.46 Å². The first kappa shape index (κ1) is 22.4. The van der Waals surface area contributed by atoms with Crippen molar-refractivity contribution in [1.82, 2.24) is 0 Å². The van der Waals surface area contributed by atoms with E-state index in [-0.39, 0.29) is 13.2 Å². The Hall–Kier alpha value is -0.670. The summed E-state index contributed by atoms with van der Waals surface area (Å²) in [6, 6.07) is 8.70. The van der Waals surface area contributed by atoms with Gasteiger partial charge in [-0.25, -0.2) is 4.57 Å². The molecule has 0 heterocycles. The number of unbranched alkanes of at least 4 members (excludes halogenated alkanes) is 6. The third-order valence-corrected chi connectivity index (χ3v) is 5.34. The van der Waals surface area contributed by atoms with Gasteiger partial charge in [-0.1, -0.05) is 69.7 Å². The fourth-order valence-electron chi connectivity index (χ4n) is 2.82. The third kappa shape index (κ3) is 11.5. The van der Waals surface area contributed by atoms with Gasteiger partial charge in [0.1, 0.15) is 0 Å². The average molecular weight is 370 g/mol. The SMILES string of the molecule is CCCCCCCCCc1ccc(CCCOP(=O)(O)OCC)cc1. The zero-order valence-corrected chi connectivity index (χ0v) is 16.8. The Kier molecular flexibility index (Phi) is 12.1. The van der Waals surface area contributed by atoms with Gasteiger partial charge in [0.15, 0.2) is 0 Å². The summed E-state index contributed by atoms with van der Waals surface area (Å²) in [5, 5.41) is 0. The van der Waals surface area contributed by atoms with Crippen LogP contribution in [0.2, 0.25) is 0 Å². The van der Waals surface area contributed by atoms with Crippen LogP contribution in [0, 0.1) is 0 Å². The zero-order valence-electron chi connectivity index (χ0n) is 15.9. The minimum Gasteiger partial charge on any atom is -0.302 e. The van der Waals surface area contributed by atoms with Crippen molar-refractivity contribution in [3.63, 3.8) is 0 Å². The number of phosphoric acid groups is 1. The topological polar surface area (TPSA) is 55.8 Å². The summed E-state index contributed by atoms with van der Waals surface area (Å²) < 4.78 is 20.9. The van der Waals surface area contributed by atoms with E-state index in [2.05, 4.69) is 35.7 Å². The van der Waals surface area contributed by atoms with E-state index >= 15 is 0 Å². The van der Waals surface area contributed by atoms with Crippen LogP contribution in [0.15, 0.2) is 24.3 Å².